The van der Waals surface area contributed by atoms with Crippen LogP contribution in [-0.4, -0.2) is 11.7 Å². The predicted molar refractivity (Wildman–Crippen MR) is 89.2 cm³/mol. The lowest BCUT2D eigenvalue weighted by Crippen LogP contribution is -2.34. The van der Waals surface area contributed by atoms with Crippen LogP contribution in [0.4, 0.5) is 0 Å². The van der Waals surface area contributed by atoms with Gasteiger partial charge >= 0.3 is 0 Å². The van der Waals surface area contributed by atoms with Crippen molar-refractivity contribution >= 4 is 0 Å². The molecule has 1 aliphatic carbocycles. The Morgan fingerprint density at radius 3 is 2.33 bits per heavy atom. The summed E-state index contributed by atoms with van der Waals surface area (Å²) in [6.07, 6.45) is 4.06. The third-order valence-electron chi connectivity index (χ3n) is 5.40. The third-order valence-corrected chi connectivity index (χ3v) is 5.40. The summed E-state index contributed by atoms with van der Waals surface area (Å²) in [5.74, 6) is 0.719. The minimum atomic E-state index is -0.437. The fraction of sp³-hybridized carbons (Fsp3) is 0.684. The second kappa shape index (κ2) is 6.10. The van der Waals surface area contributed by atoms with E-state index in [9.17, 15) is 5.11 Å². The highest BCUT2D eigenvalue weighted by molar-refractivity contribution is 5.29. The van der Waals surface area contributed by atoms with Crippen molar-refractivity contribution in [2.24, 2.45) is 17.1 Å². The molecule has 0 bridgehead atoms. The molecule has 0 aromatic heterocycles. The van der Waals surface area contributed by atoms with Gasteiger partial charge in [-0.3, -0.25) is 0 Å². The van der Waals surface area contributed by atoms with Gasteiger partial charge in [0.15, 0.2) is 0 Å². The zero-order valence-electron chi connectivity index (χ0n) is 14.0. The Hall–Kier alpha value is -0.860. The van der Waals surface area contributed by atoms with E-state index in [1.807, 2.05) is 0 Å². The van der Waals surface area contributed by atoms with E-state index in [-0.39, 0.29) is 10.8 Å². The topological polar surface area (TPSA) is 46.2 Å². The molecule has 0 spiro atoms. The van der Waals surface area contributed by atoms with Gasteiger partial charge in [-0.05, 0) is 41.7 Å². The van der Waals surface area contributed by atoms with Crippen LogP contribution in [0, 0.1) is 11.3 Å². The second-order valence-corrected chi connectivity index (χ2v) is 7.86. The zero-order valence-corrected chi connectivity index (χ0v) is 14.0. The van der Waals surface area contributed by atoms with Crippen LogP contribution in [0.25, 0.3) is 0 Å². The van der Waals surface area contributed by atoms with Gasteiger partial charge in [0.1, 0.15) is 0 Å². The van der Waals surface area contributed by atoms with Crippen LogP contribution in [0.1, 0.15) is 70.6 Å². The molecule has 0 amide bonds. The summed E-state index contributed by atoms with van der Waals surface area (Å²) in [5.41, 5.74) is 8.41. The maximum atomic E-state index is 10.9. The van der Waals surface area contributed by atoms with E-state index in [1.54, 1.807) is 0 Å². The summed E-state index contributed by atoms with van der Waals surface area (Å²) >= 11 is 0. The van der Waals surface area contributed by atoms with Crippen molar-refractivity contribution in [2.45, 2.75) is 64.9 Å². The summed E-state index contributed by atoms with van der Waals surface area (Å²) in [4.78, 5) is 0. The zero-order chi connectivity index (χ0) is 15.7. The lowest BCUT2D eigenvalue weighted by molar-refractivity contribution is 0.0301. The second-order valence-electron chi connectivity index (χ2n) is 7.86. The Labute approximate surface area is 129 Å². The molecule has 1 aliphatic rings. The molecular weight excluding hydrogens is 258 g/mol. The van der Waals surface area contributed by atoms with Crippen LogP contribution in [-0.2, 0) is 5.41 Å². The fourth-order valence-electron chi connectivity index (χ4n) is 3.68. The van der Waals surface area contributed by atoms with E-state index in [2.05, 4.69) is 52.0 Å². The number of aliphatic hydroxyl groups is 1. The highest BCUT2D eigenvalue weighted by atomic mass is 16.3. The van der Waals surface area contributed by atoms with E-state index in [1.165, 1.54) is 18.4 Å². The van der Waals surface area contributed by atoms with Gasteiger partial charge in [-0.1, -0.05) is 58.4 Å². The monoisotopic (exact) mass is 289 g/mol. The Bertz CT molecular complexity index is 459. The minimum Gasteiger partial charge on any atom is -0.388 e. The number of hydrogen-bond acceptors (Lipinski definition) is 2. The van der Waals surface area contributed by atoms with Crippen molar-refractivity contribution in [1.29, 1.82) is 0 Å². The number of benzene rings is 1. The van der Waals surface area contributed by atoms with Crippen LogP contribution >= 0.6 is 0 Å². The van der Waals surface area contributed by atoms with E-state index in [0.29, 0.717) is 6.54 Å². The van der Waals surface area contributed by atoms with Crippen LogP contribution < -0.4 is 5.73 Å². The maximum absolute atomic E-state index is 10.9. The van der Waals surface area contributed by atoms with Crippen molar-refractivity contribution in [2.75, 3.05) is 6.54 Å². The molecule has 0 saturated heterocycles. The van der Waals surface area contributed by atoms with Gasteiger partial charge in [-0.2, -0.15) is 0 Å². The van der Waals surface area contributed by atoms with E-state index < -0.39 is 6.10 Å². The maximum Gasteiger partial charge on any atom is 0.0858 e. The van der Waals surface area contributed by atoms with Gasteiger partial charge in [-0.15, -0.1) is 0 Å². The summed E-state index contributed by atoms with van der Waals surface area (Å²) in [5, 5.41) is 10.9. The summed E-state index contributed by atoms with van der Waals surface area (Å²) < 4.78 is 0. The molecule has 2 heteroatoms. The molecule has 21 heavy (non-hydrogen) atoms. The van der Waals surface area contributed by atoms with Crippen molar-refractivity contribution in [1.82, 2.24) is 0 Å². The van der Waals surface area contributed by atoms with E-state index >= 15 is 0 Å². The smallest absolute Gasteiger partial charge is 0.0858 e. The average Bonchev–Trinajstić information content (AvgIpc) is 2.90. The van der Waals surface area contributed by atoms with Gasteiger partial charge in [0.2, 0.25) is 0 Å². The fourth-order valence-corrected chi connectivity index (χ4v) is 3.68. The Morgan fingerprint density at radius 1 is 1.29 bits per heavy atom. The first-order valence-electron chi connectivity index (χ1n) is 8.31. The Kier molecular flexibility index (Phi) is 4.79. The molecule has 3 unspecified atom stereocenters. The average molecular weight is 289 g/mol. The lowest BCUT2D eigenvalue weighted by atomic mass is 9.76. The lowest BCUT2D eigenvalue weighted by Gasteiger charge is -2.34. The van der Waals surface area contributed by atoms with Gasteiger partial charge < -0.3 is 10.8 Å². The molecular formula is C19H31NO. The molecule has 1 aromatic rings. The van der Waals surface area contributed by atoms with Gasteiger partial charge in [0, 0.05) is 12.0 Å². The Balaban J connectivity index is 2.21. The summed E-state index contributed by atoms with van der Waals surface area (Å²) in [6.45, 7) is 9.45. The van der Waals surface area contributed by atoms with Gasteiger partial charge in [0.25, 0.3) is 0 Å². The van der Waals surface area contributed by atoms with Gasteiger partial charge in [-0.25, -0.2) is 0 Å². The van der Waals surface area contributed by atoms with Crippen LogP contribution in [0.15, 0.2) is 24.3 Å². The molecule has 0 heterocycles. The largest absolute Gasteiger partial charge is 0.388 e. The molecule has 2 rings (SSSR count). The van der Waals surface area contributed by atoms with Crippen LogP contribution in [0.5, 0.6) is 0 Å². The molecule has 1 saturated carbocycles. The van der Waals surface area contributed by atoms with Crippen molar-refractivity contribution in [3.8, 4) is 0 Å². The SMILES string of the molecule is CCC1CCC(CN)(C(O)c2ccc(C(C)(C)C)cc2)C1. The third kappa shape index (κ3) is 3.32. The van der Waals surface area contributed by atoms with E-state index in [0.717, 1.165) is 24.3 Å². The quantitative estimate of drug-likeness (QED) is 0.873. The standard InChI is InChI=1S/C19H31NO/c1-5-14-10-11-19(12-14,13-20)17(21)15-6-8-16(9-7-15)18(2,3)4/h6-9,14,17,21H,5,10-13,20H2,1-4H3. The normalized spacial score (nSPS) is 27.8. The summed E-state index contributed by atoms with van der Waals surface area (Å²) in [7, 11) is 0. The van der Waals surface area contributed by atoms with Crippen molar-refractivity contribution in [3.63, 3.8) is 0 Å². The number of aliphatic hydroxyl groups excluding tert-OH is 1. The van der Waals surface area contributed by atoms with E-state index in [4.69, 9.17) is 5.73 Å². The summed E-state index contributed by atoms with van der Waals surface area (Å²) in [6, 6.07) is 8.47. The van der Waals surface area contributed by atoms with Gasteiger partial charge in [0.05, 0.1) is 6.10 Å². The molecule has 3 N–H and O–H groups in total. The number of rotatable bonds is 4. The van der Waals surface area contributed by atoms with Crippen LogP contribution in [0.3, 0.4) is 0 Å². The molecule has 0 aliphatic heterocycles. The first kappa shape index (κ1) is 16.5. The highest BCUT2D eigenvalue weighted by Crippen LogP contribution is 2.50. The molecule has 2 nitrogen and oxygen atoms in total. The molecule has 1 aromatic carbocycles. The van der Waals surface area contributed by atoms with Crippen molar-refractivity contribution in [3.05, 3.63) is 35.4 Å². The highest BCUT2D eigenvalue weighted by Gasteiger charge is 2.43. The molecule has 3 atom stereocenters. The predicted octanol–water partition coefficient (Wildman–Crippen LogP) is 4.17. The molecule has 1 fully saturated rings. The first-order chi connectivity index (χ1) is 9.82. The number of nitrogens with two attached hydrogens (primary N) is 1. The molecule has 0 radical (unpaired) electrons. The molecule has 118 valence electrons. The Morgan fingerprint density at radius 2 is 1.90 bits per heavy atom. The minimum absolute atomic E-state index is 0.121. The first-order valence-corrected chi connectivity index (χ1v) is 8.31. The van der Waals surface area contributed by atoms with Crippen LogP contribution in [0.2, 0.25) is 0 Å². The van der Waals surface area contributed by atoms with Crippen molar-refractivity contribution < 1.29 is 5.11 Å². The number of hydrogen-bond donors (Lipinski definition) is 2.